The fourth-order valence-electron chi connectivity index (χ4n) is 6.31. The number of thioether (sulfide) groups is 1. The van der Waals surface area contributed by atoms with E-state index < -0.39 is 24.3 Å². The Labute approximate surface area is 309 Å². The molecule has 5 aromatic rings. The summed E-state index contributed by atoms with van der Waals surface area (Å²) >= 11 is 1.77. The standard InChI is InChI=1S/C43H44N2O6S/c1-29-39(28-52-37-17-7-4-8-18-37)50-42(51-40(29)33-21-19-31(27-46)20-22-33)36-16-10-15-35(25-36)34-14-9-13-32(23-34)26-44-43(48)45-38(41(47)49-2)24-30-11-5-3-6-12-30/h3-23,25,29,38-40,42,46H,24,26-28H2,1-2H3,(H2,44,45,48)/t29-,38-,39+,40+,42+/m0/s1. The van der Waals surface area contributed by atoms with Gasteiger partial charge in [0.1, 0.15) is 6.04 Å². The van der Waals surface area contributed by atoms with E-state index in [-0.39, 0.29) is 31.3 Å². The van der Waals surface area contributed by atoms with Crippen LogP contribution in [-0.2, 0) is 38.6 Å². The molecule has 0 spiro atoms. The van der Waals surface area contributed by atoms with Gasteiger partial charge < -0.3 is 30.0 Å². The molecule has 5 atom stereocenters. The van der Waals surface area contributed by atoms with Gasteiger partial charge in [-0.3, -0.25) is 0 Å². The molecule has 0 saturated carbocycles. The molecule has 0 bridgehead atoms. The Kier molecular flexibility index (Phi) is 12.8. The van der Waals surface area contributed by atoms with Crippen molar-refractivity contribution in [2.45, 2.75) is 55.9 Å². The summed E-state index contributed by atoms with van der Waals surface area (Å²) in [6.07, 6.45) is -0.554. The zero-order valence-corrected chi connectivity index (χ0v) is 30.1. The van der Waals surface area contributed by atoms with E-state index in [9.17, 15) is 14.7 Å². The second-order valence-electron chi connectivity index (χ2n) is 12.9. The van der Waals surface area contributed by atoms with Gasteiger partial charge in [0.25, 0.3) is 0 Å². The summed E-state index contributed by atoms with van der Waals surface area (Å²) in [5.41, 5.74) is 6.60. The minimum atomic E-state index is -0.815. The second-order valence-corrected chi connectivity index (χ2v) is 14.0. The van der Waals surface area contributed by atoms with Crippen LogP contribution in [0.3, 0.4) is 0 Å². The molecule has 0 radical (unpaired) electrons. The first-order chi connectivity index (χ1) is 25.4. The minimum Gasteiger partial charge on any atom is -0.467 e. The van der Waals surface area contributed by atoms with Crippen LogP contribution in [0.15, 0.2) is 138 Å². The predicted molar refractivity (Wildman–Crippen MR) is 203 cm³/mol. The molecule has 5 aromatic carbocycles. The average molecular weight is 717 g/mol. The molecule has 0 aromatic heterocycles. The number of nitrogens with one attached hydrogen (secondary N) is 2. The Morgan fingerprint density at radius 1 is 0.769 bits per heavy atom. The molecule has 8 nitrogen and oxygen atoms in total. The molecule has 9 heteroatoms. The Balaban J connectivity index is 1.15. The number of esters is 1. The number of aliphatic hydroxyl groups is 1. The van der Waals surface area contributed by atoms with Crippen molar-refractivity contribution in [1.82, 2.24) is 10.6 Å². The predicted octanol–water partition coefficient (Wildman–Crippen LogP) is 8.01. The first kappa shape index (κ1) is 36.8. The third-order valence-corrected chi connectivity index (χ3v) is 10.3. The summed E-state index contributed by atoms with van der Waals surface area (Å²) in [6.45, 7) is 2.43. The molecule has 1 fully saturated rings. The Morgan fingerprint density at radius 3 is 2.15 bits per heavy atom. The lowest BCUT2D eigenvalue weighted by Crippen LogP contribution is -2.47. The van der Waals surface area contributed by atoms with Crippen LogP contribution in [0.5, 0.6) is 0 Å². The molecule has 268 valence electrons. The molecule has 1 heterocycles. The van der Waals surface area contributed by atoms with Gasteiger partial charge in [-0.25, -0.2) is 9.59 Å². The normalized spacial score (nSPS) is 19.0. The number of methoxy groups -OCH3 is 1. The Bertz CT molecular complexity index is 1910. The van der Waals surface area contributed by atoms with Crippen LogP contribution >= 0.6 is 11.8 Å². The van der Waals surface area contributed by atoms with Gasteiger partial charge in [0, 0.05) is 35.1 Å². The van der Waals surface area contributed by atoms with Gasteiger partial charge >= 0.3 is 12.0 Å². The number of hydrogen-bond acceptors (Lipinski definition) is 7. The number of rotatable bonds is 13. The van der Waals surface area contributed by atoms with E-state index in [0.717, 1.165) is 44.7 Å². The number of urea groups is 1. The molecule has 1 saturated heterocycles. The highest BCUT2D eigenvalue weighted by atomic mass is 32.2. The maximum absolute atomic E-state index is 12.9. The molecule has 1 aliphatic heterocycles. The Morgan fingerprint density at radius 2 is 1.44 bits per heavy atom. The maximum atomic E-state index is 12.9. The highest BCUT2D eigenvalue weighted by molar-refractivity contribution is 7.99. The monoisotopic (exact) mass is 716 g/mol. The van der Waals surface area contributed by atoms with E-state index in [1.807, 2.05) is 115 Å². The summed E-state index contributed by atoms with van der Waals surface area (Å²) in [6, 6.07) is 42.7. The molecule has 52 heavy (non-hydrogen) atoms. The Hall–Kier alpha value is -4.93. The van der Waals surface area contributed by atoms with Gasteiger partial charge in [0.05, 0.1) is 25.9 Å². The third kappa shape index (κ3) is 9.68. The molecular weight excluding hydrogens is 673 g/mol. The van der Waals surface area contributed by atoms with Crippen molar-refractivity contribution in [1.29, 1.82) is 0 Å². The SMILES string of the molecule is COC(=O)[C@H](Cc1ccccc1)NC(=O)NCc1cccc(-c2cccc([C@@H]3O[C@H](CSc4ccccc4)[C@H](C)[C@H](c4ccc(CO)cc4)O3)c2)c1. The van der Waals surface area contributed by atoms with E-state index in [1.54, 1.807) is 11.8 Å². The quantitative estimate of drug-likeness (QED) is 0.0838. The van der Waals surface area contributed by atoms with Gasteiger partial charge in [-0.05, 0) is 57.6 Å². The van der Waals surface area contributed by atoms with Crippen molar-refractivity contribution in [3.05, 3.63) is 161 Å². The number of ether oxygens (including phenoxy) is 3. The topological polar surface area (TPSA) is 106 Å². The number of amides is 2. The van der Waals surface area contributed by atoms with Crippen LogP contribution in [-0.4, -0.2) is 42.1 Å². The maximum Gasteiger partial charge on any atom is 0.328 e. The first-order valence-electron chi connectivity index (χ1n) is 17.4. The molecule has 1 aliphatic rings. The second kappa shape index (κ2) is 18.0. The van der Waals surface area contributed by atoms with Crippen molar-refractivity contribution in [2.75, 3.05) is 12.9 Å². The largest absolute Gasteiger partial charge is 0.467 e. The fourth-order valence-corrected chi connectivity index (χ4v) is 7.40. The van der Waals surface area contributed by atoms with E-state index in [1.165, 1.54) is 12.0 Å². The van der Waals surface area contributed by atoms with E-state index in [2.05, 4.69) is 35.8 Å². The number of carbonyl (C=O) groups is 2. The fraction of sp³-hybridized carbons (Fsp3) is 0.256. The van der Waals surface area contributed by atoms with Crippen LogP contribution in [0.2, 0.25) is 0 Å². The summed E-state index contributed by atoms with van der Waals surface area (Å²) < 4.78 is 18.4. The number of hydrogen-bond donors (Lipinski definition) is 3. The van der Waals surface area contributed by atoms with E-state index >= 15 is 0 Å². The zero-order chi connectivity index (χ0) is 36.3. The molecule has 3 N–H and O–H groups in total. The minimum absolute atomic E-state index is 0.00863. The van der Waals surface area contributed by atoms with Crippen molar-refractivity contribution in [3.63, 3.8) is 0 Å². The molecular formula is C43H44N2O6S. The van der Waals surface area contributed by atoms with Gasteiger partial charge in [-0.1, -0.05) is 116 Å². The van der Waals surface area contributed by atoms with Gasteiger partial charge in [0.15, 0.2) is 6.29 Å². The van der Waals surface area contributed by atoms with Gasteiger partial charge in [-0.15, -0.1) is 11.8 Å². The van der Waals surface area contributed by atoms with Crippen LogP contribution in [0, 0.1) is 5.92 Å². The third-order valence-electron chi connectivity index (χ3n) is 9.23. The van der Waals surface area contributed by atoms with Crippen molar-refractivity contribution < 1.29 is 28.9 Å². The van der Waals surface area contributed by atoms with Crippen LogP contribution in [0.4, 0.5) is 4.79 Å². The zero-order valence-electron chi connectivity index (χ0n) is 29.3. The van der Waals surface area contributed by atoms with Gasteiger partial charge in [0.2, 0.25) is 0 Å². The van der Waals surface area contributed by atoms with Crippen molar-refractivity contribution >= 4 is 23.8 Å². The highest BCUT2D eigenvalue weighted by Crippen LogP contribution is 2.43. The summed E-state index contributed by atoms with van der Waals surface area (Å²) in [5.74, 6) is 0.345. The van der Waals surface area contributed by atoms with Crippen LogP contribution in [0.1, 0.15) is 47.1 Å². The van der Waals surface area contributed by atoms with E-state index in [0.29, 0.717) is 6.42 Å². The number of carbonyl (C=O) groups excluding carboxylic acids is 2. The highest BCUT2D eigenvalue weighted by Gasteiger charge is 2.38. The molecule has 0 unspecified atom stereocenters. The average Bonchev–Trinajstić information content (AvgIpc) is 3.20. The summed E-state index contributed by atoms with van der Waals surface area (Å²) in [5, 5.41) is 15.2. The molecule has 2 amide bonds. The molecule has 0 aliphatic carbocycles. The molecule has 6 rings (SSSR count). The lowest BCUT2D eigenvalue weighted by Gasteiger charge is -2.41. The van der Waals surface area contributed by atoms with Crippen molar-refractivity contribution in [2.24, 2.45) is 5.92 Å². The van der Waals surface area contributed by atoms with Crippen molar-refractivity contribution in [3.8, 4) is 11.1 Å². The lowest BCUT2D eigenvalue weighted by molar-refractivity contribution is -0.268. The number of benzene rings is 5. The first-order valence-corrected chi connectivity index (χ1v) is 18.4. The van der Waals surface area contributed by atoms with Crippen LogP contribution in [0.25, 0.3) is 11.1 Å². The van der Waals surface area contributed by atoms with Gasteiger partial charge in [-0.2, -0.15) is 0 Å². The van der Waals surface area contributed by atoms with E-state index in [4.69, 9.17) is 14.2 Å². The lowest BCUT2D eigenvalue weighted by atomic mass is 9.91. The summed E-state index contributed by atoms with van der Waals surface area (Å²) in [7, 11) is 1.31. The number of aliphatic hydroxyl groups excluding tert-OH is 1. The summed E-state index contributed by atoms with van der Waals surface area (Å²) in [4.78, 5) is 26.5. The smallest absolute Gasteiger partial charge is 0.328 e. The van der Waals surface area contributed by atoms with Crippen LogP contribution < -0.4 is 10.6 Å².